The summed E-state index contributed by atoms with van der Waals surface area (Å²) in [6, 6.07) is 5.29. The van der Waals surface area contributed by atoms with E-state index in [0.717, 1.165) is 10.0 Å². The van der Waals surface area contributed by atoms with Gasteiger partial charge < -0.3 is 5.32 Å². The minimum atomic E-state index is -4.12. The summed E-state index contributed by atoms with van der Waals surface area (Å²) in [6.07, 6.45) is -4.58. The number of hydrogen-bond acceptors (Lipinski definition) is 1. The van der Waals surface area contributed by atoms with E-state index < -0.39 is 12.6 Å². The van der Waals surface area contributed by atoms with E-state index in [0.29, 0.717) is 12.0 Å². The van der Waals surface area contributed by atoms with Crippen LogP contribution in [0.4, 0.5) is 13.2 Å². The Morgan fingerprint density at radius 1 is 1.26 bits per heavy atom. The van der Waals surface area contributed by atoms with Crippen LogP contribution >= 0.6 is 15.9 Å². The van der Waals surface area contributed by atoms with Crippen molar-refractivity contribution in [3.63, 3.8) is 0 Å². The maximum Gasteiger partial charge on any atom is 0.389 e. The summed E-state index contributed by atoms with van der Waals surface area (Å²) in [5, 5.41) is 2.61. The van der Waals surface area contributed by atoms with Crippen molar-refractivity contribution in [1.29, 1.82) is 0 Å². The third kappa shape index (κ3) is 6.61. The standard InChI is InChI=1S/C13H15BrF3NO/c1-9-6-10(8-11(14)7-9)12(19)18-5-3-2-4-13(15,16)17/h6-8H,2-5H2,1H3,(H,18,19). The van der Waals surface area contributed by atoms with Gasteiger partial charge >= 0.3 is 6.18 Å². The molecule has 0 aliphatic heterocycles. The van der Waals surface area contributed by atoms with Gasteiger partial charge in [-0.3, -0.25) is 4.79 Å². The largest absolute Gasteiger partial charge is 0.389 e. The third-order valence-corrected chi connectivity index (χ3v) is 2.93. The molecule has 0 spiro atoms. The van der Waals surface area contributed by atoms with E-state index in [1.807, 2.05) is 13.0 Å². The van der Waals surface area contributed by atoms with E-state index in [4.69, 9.17) is 0 Å². The third-order valence-electron chi connectivity index (χ3n) is 2.48. The van der Waals surface area contributed by atoms with Crippen LogP contribution in [0.5, 0.6) is 0 Å². The highest BCUT2D eigenvalue weighted by atomic mass is 79.9. The van der Waals surface area contributed by atoms with Crippen molar-refractivity contribution < 1.29 is 18.0 Å². The average molecular weight is 338 g/mol. The molecule has 0 unspecified atom stereocenters. The second kappa shape index (κ2) is 6.93. The van der Waals surface area contributed by atoms with Crippen LogP contribution in [0.25, 0.3) is 0 Å². The molecule has 19 heavy (non-hydrogen) atoms. The summed E-state index contributed by atoms with van der Waals surface area (Å²) in [6.45, 7) is 2.12. The number of aryl methyl sites for hydroxylation is 1. The zero-order valence-electron chi connectivity index (χ0n) is 10.5. The molecule has 0 fully saturated rings. The first-order chi connectivity index (χ1) is 8.78. The molecular formula is C13H15BrF3NO. The van der Waals surface area contributed by atoms with Gasteiger partial charge in [-0.15, -0.1) is 0 Å². The van der Waals surface area contributed by atoms with Crippen LogP contribution in [0.1, 0.15) is 35.2 Å². The van der Waals surface area contributed by atoms with Crippen LogP contribution in [-0.2, 0) is 0 Å². The average Bonchev–Trinajstić information content (AvgIpc) is 2.25. The lowest BCUT2D eigenvalue weighted by molar-refractivity contribution is -0.135. The van der Waals surface area contributed by atoms with Crippen LogP contribution in [0.3, 0.4) is 0 Å². The van der Waals surface area contributed by atoms with Gasteiger partial charge in [0, 0.05) is 23.0 Å². The number of carbonyl (C=O) groups is 1. The highest BCUT2D eigenvalue weighted by Crippen LogP contribution is 2.21. The second-order valence-electron chi connectivity index (χ2n) is 4.35. The highest BCUT2D eigenvalue weighted by molar-refractivity contribution is 9.10. The maximum absolute atomic E-state index is 11.9. The normalized spacial score (nSPS) is 11.4. The van der Waals surface area contributed by atoms with Crippen molar-refractivity contribution >= 4 is 21.8 Å². The molecule has 1 aromatic rings. The molecule has 0 radical (unpaired) electrons. The lowest BCUT2D eigenvalue weighted by Crippen LogP contribution is -2.24. The van der Waals surface area contributed by atoms with E-state index >= 15 is 0 Å². The van der Waals surface area contributed by atoms with Crippen LogP contribution in [0.2, 0.25) is 0 Å². The highest BCUT2D eigenvalue weighted by Gasteiger charge is 2.25. The molecule has 0 saturated carbocycles. The molecule has 6 heteroatoms. The molecule has 1 aromatic carbocycles. The number of benzene rings is 1. The number of halogens is 4. The maximum atomic E-state index is 11.9. The monoisotopic (exact) mass is 337 g/mol. The van der Waals surface area contributed by atoms with Crippen LogP contribution < -0.4 is 5.32 Å². The molecule has 1 rings (SSSR count). The number of amides is 1. The first-order valence-electron chi connectivity index (χ1n) is 5.90. The Bertz CT molecular complexity index is 426. The molecule has 0 bridgehead atoms. The second-order valence-corrected chi connectivity index (χ2v) is 5.26. The molecular weight excluding hydrogens is 323 g/mol. The van der Waals surface area contributed by atoms with E-state index in [2.05, 4.69) is 21.2 Å². The fraction of sp³-hybridized carbons (Fsp3) is 0.462. The zero-order valence-corrected chi connectivity index (χ0v) is 12.1. The molecule has 1 N–H and O–H groups in total. The Labute approximate surface area is 118 Å². The van der Waals surface area contributed by atoms with E-state index in [-0.39, 0.29) is 18.9 Å². The van der Waals surface area contributed by atoms with Gasteiger partial charge in [0.05, 0.1) is 0 Å². The van der Waals surface area contributed by atoms with E-state index in [1.54, 1.807) is 12.1 Å². The molecule has 106 valence electrons. The predicted octanol–water partition coefficient (Wildman–Crippen LogP) is 4.22. The Morgan fingerprint density at radius 3 is 2.53 bits per heavy atom. The molecule has 0 saturated heterocycles. The zero-order chi connectivity index (χ0) is 14.5. The Balaban J connectivity index is 2.35. The van der Waals surface area contributed by atoms with E-state index in [1.165, 1.54) is 0 Å². The lowest BCUT2D eigenvalue weighted by Gasteiger charge is -2.08. The number of nitrogens with one attached hydrogen (secondary N) is 1. The van der Waals surface area contributed by atoms with Crippen LogP contribution in [0, 0.1) is 6.92 Å². The van der Waals surface area contributed by atoms with Crippen molar-refractivity contribution in [2.24, 2.45) is 0 Å². The first kappa shape index (κ1) is 16.0. The molecule has 2 nitrogen and oxygen atoms in total. The van der Waals surface area contributed by atoms with Gasteiger partial charge in [-0.05, 0) is 43.5 Å². The van der Waals surface area contributed by atoms with Crippen molar-refractivity contribution in [3.05, 3.63) is 33.8 Å². The van der Waals surface area contributed by atoms with Gasteiger partial charge in [0.15, 0.2) is 0 Å². The molecule has 0 aliphatic carbocycles. The number of carbonyl (C=O) groups excluding carboxylic acids is 1. The fourth-order valence-electron chi connectivity index (χ4n) is 1.62. The molecule has 0 atom stereocenters. The van der Waals surface area contributed by atoms with Crippen LogP contribution in [0.15, 0.2) is 22.7 Å². The number of hydrogen-bond donors (Lipinski definition) is 1. The molecule has 1 amide bonds. The summed E-state index contributed by atoms with van der Waals surface area (Å²) >= 11 is 3.29. The summed E-state index contributed by atoms with van der Waals surface area (Å²) in [4.78, 5) is 11.8. The molecule has 0 aliphatic rings. The SMILES string of the molecule is Cc1cc(Br)cc(C(=O)NCCCCC(F)(F)F)c1. The minimum Gasteiger partial charge on any atom is -0.352 e. The molecule has 0 aromatic heterocycles. The summed E-state index contributed by atoms with van der Waals surface area (Å²) in [5.41, 5.74) is 1.44. The van der Waals surface area contributed by atoms with Crippen molar-refractivity contribution in [3.8, 4) is 0 Å². The van der Waals surface area contributed by atoms with Gasteiger partial charge in [-0.2, -0.15) is 13.2 Å². The van der Waals surface area contributed by atoms with Crippen LogP contribution in [-0.4, -0.2) is 18.6 Å². The van der Waals surface area contributed by atoms with Gasteiger partial charge in [0.2, 0.25) is 0 Å². The van der Waals surface area contributed by atoms with E-state index in [9.17, 15) is 18.0 Å². The number of rotatable bonds is 5. The van der Waals surface area contributed by atoms with Gasteiger partial charge in [0.1, 0.15) is 0 Å². The lowest BCUT2D eigenvalue weighted by atomic mass is 10.1. The summed E-state index contributed by atoms with van der Waals surface area (Å²) in [7, 11) is 0. The quantitative estimate of drug-likeness (QED) is 0.801. The fourth-order valence-corrected chi connectivity index (χ4v) is 2.23. The van der Waals surface area contributed by atoms with Gasteiger partial charge in [0.25, 0.3) is 5.91 Å². The van der Waals surface area contributed by atoms with Crippen molar-refractivity contribution in [1.82, 2.24) is 5.32 Å². The Hall–Kier alpha value is -1.04. The topological polar surface area (TPSA) is 29.1 Å². The molecule has 0 heterocycles. The number of alkyl halides is 3. The van der Waals surface area contributed by atoms with Gasteiger partial charge in [-0.1, -0.05) is 15.9 Å². The first-order valence-corrected chi connectivity index (χ1v) is 6.69. The van der Waals surface area contributed by atoms with Crippen molar-refractivity contribution in [2.75, 3.05) is 6.54 Å². The van der Waals surface area contributed by atoms with Gasteiger partial charge in [-0.25, -0.2) is 0 Å². The summed E-state index contributed by atoms with van der Waals surface area (Å²) in [5.74, 6) is -0.267. The summed E-state index contributed by atoms with van der Waals surface area (Å²) < 4.78 is 36.5. The predicted molar refractivity (Wildman–Crippen MR) is 71.1 cm³/mol. The number of unbranched alkanes of at least 4 members (excludes halogenated alkanes) is 1. The Morgan fingerprint density at radius 2 is 1.95 bits per heavy atom. The van der Waals surface area contributed by atoms with Crippen molar-refractivity contribution in [2.45, 2.75) is 32.4 Å². The minimum absolute atomic E-state index is 0.0291. The Kier molecular flexibility index (Phi) is 5.85. The smallest absolute Gasteiger partial charge is 0.352 e.